The summed E-state index contributed by atoms with van der Waals surface area (Å²) in [5, 5.41) is 26.1. The van der Waals surface area contributed by atoms with Crippen LogP contribution in [0.2, 0.25) is 0 Å². The summed E-state index contributed by atoms with van der Waals surface area (Å²) in [6, 6.07) is 7.10. The molecule has 2 fully saturated rings. The highest BCUT2D eigenvalue weighted by atomic mass is 16.5. The van der Waals surface area contributed by atoms with Gasteiger partial charge in [-0.05, 0) is 68.0 Å². The Labute approximate surface area is 192 Å². The van der Waals surface area contributed by atoms with E-state index in [2.05, 4.69) is 15.2 Å². The predicted octanol–water partition coefficient (Wildman–Crippen LogP) is 2.53. The van der Waals surface area contributed by atoms with Crippen LogP contribution in [-0.4, -0.2) is 56.8 Å². The second-order valence-electron chi connectivity index (χ2n) is 10.3. The van der Waals surface area contributed by atoms with Gasteiger partial charge in [-0.15, -0.1) is 0 Å². The first-order valence-electron chi connectivity index (χ1n) is 11.9. The Morgan fingerprint density at radius 2 is 2.06 bits per heavy atom. The summed E-state index contributed by atoms with van der Waals surface area (Å²) in [4.78, 5) is 19.7. The van der Waals surface area contributed by atoms with E-state index in [4.69, 9.17) is 4.74 Å². The Morgan fingerprint density at radius 3 is 2.85 bits per heavy atom. The maximum atomic E-state index is 13.3. The molecule has 7 nitrogen and oxygen atoms in total. The number of rotatable bonds is 4. The number of aromatic nitrogens is 1. The van der Waals surface area contributed by atoms with E-state index in [1.54, 1.807) is 30.6 Å². The van der Waals surface area contributed by atoms with Gasteiger partial charge in [0, 0.05) is 48.2 Å². The average Bonchev–Trinajstić information content (AvgIpc) is 3.55. The van der Waals surface area contributed by atoms with Gasteiger partial charge in [0.25, 0.3) is 5.91 Å². The lowest BCUT2D eigenvalue weighted by Gasteiger charge is -2.62. The zero-order chi connectivity index (χ0) is 22.4. The van der Waals surface area contributed by atoms with Gasteiger partial charge in [0.1, 0.15) is 6.10 Å². The number of ether oxygens (including phenoxy) is 1. The van der Waals surface area contributed by atoms with Gasteiger partial charge in [-0.2, -0.15) is 0 Å². The fourth-order valence-corrected chi connectivity index (χ4v) is 6.93. The first kappa shape index (κ1) is 19.6. The first-order valence-corrected chi connectivity index (χ1v) is 11.9. The van der Waals surface area contributed by atoms with Gasteiger partial charge in [0.2, 0.25) is 0 Å². The smallest absolute Gasteiger partial charge is 0.251 e. The number of anilines is 1. The highest BCUT2D eigenvalue weighted by Gasteiger charge is 2.71. The molecule has 170 valence electrons. The molecule has 3 aliphatic carbocycles. The van der Waals surface area contributed by atoms with Crippen LogP contribution in [0.25, 0.3) is 0 Å². The highest BCUT2D eigenvalue weighted by Crippen LogP contribution is 2.65. The Kier molecular flexibility index (Phi) is 3.90. The third-order valence-corrected chi connectivity index (χ3v) is 8.60. The topological polar surface area (TPSA) is 94.9 Å². The molecular formula is C26H27N3O4. The van der Waals surface area contributed by atoms with Crippen LogP contribution >= 0.6 is 0 Å². The minimum Gasteiger partial charge on any atom is -0.504 e. The quantitative estimate of drug-likeness (QED) is 0.670. The summed E-state index contributed by atoms with van der Waals surface area (Å²) in [5.74, 6) is 1.07. The zero-order valence-corrected chi connectivity index (χ0v) is 18.3. The van der Waals surface area contributed by atoms with Crippen molar-refractivity contribution in [2.45, 2.75) is 55.3 Å². The van der Waals surface area contributed by atoms with Crippen LogP contribution in [0.1, 0.15) is 36.8 Å². The molecule has 3 N–H and O–H groups in total. The van der Waals surface area contributed by atoms with E-state index >= 15 is 0 Å². The summed E-state index contributed by atoms with van der Waals surface area (Å²) in [6.45, 7) is 1.89. The molecule has 2 aliphatic heterocycles. The molecule has 7 rings (SSSR count). The summed E-state index contributed by atoms with van der Waals surface area (Å²) in [5.41, 5.74) is 1.53. The van der Waals surface area contributed by atoms with Crippen LogP contribution < -0.4 is 10.1 Å². The number of aliphatic hydroxyl groups is 1. The predicted molar refractivity (Wildman–Crippen MR) is 121 cm³/mol. The molecule has 7 heteroatoms. The van der Waals surface area contributed by atoms with Crippen LogP contribution in [0.4, 0.5) is 5.69 Å². The van der Waals surface area contributed by atoms with Crippen molar-refractivity contribution in [1.29, 1.82) is 0 Å². The standard InChI is InChI=1S/C26H27N3O4/c30-19-4-3-16-11-20-26(32)13-17(24(31)28-18-5-8-27-9-6-18)12-21-25(26,22(16)23(19)33-21)7-10-29(20)14-15-1-2-15/h3-6,8-9,12,15,20-21,30,32H,1-2,7,10-11,13-14H2,(H,27,28,31)/t20-,21+,25-,26-/m1/s1. The number of nitrogens with one attached hydrogen (secondary N) is 1. The van der Waals surface area contributed by atoms with Crippen LogP contribution in [-0.2, 0) is 16.6 Å². The second-order valence-corrected chi connectivity index (χ2v) is 10.3. The number of likely N-dealkylation sites (tertiary alicyclic amines) is 1. The summed E-state index contributed by atoms with van der Waals surface area (Å²) in [7, 11) is 0. The lowest BCUT2D eigenvalue weighted by molar-refractivity contribution is -0.165. The molecule has 4 atom stereocenters. The minimum absolute atomic E-state index is 0.0848. The molecule has 1 aromatic carbocycles. The fraction of sp³-hybridized carbons (Fsp3) is 0.462. The van der Waals surface area contributed by atoms with Crippen molar-refractivity contribution in [1.82, 2.24) is 9.88 Å². The number of phenols is 1. The Hall–Kier alpha value is -2.90. The van der Waals surface area contributed by atoms with Crippen molar-refractivity contribution in [2.75, 3.05) is 18.4 Å². The summed E-state index contributed by atoms with van der Waals surface area (Å²) >= 11 is 0. The number of hydrogen-bond donors (Lipinski definition) is 3. The molecular weight excluding hydrogens is 418 g/mol. The Morgan fingerprint density at radius 1 is 1.24 bits per heavy atom. The van der Waals surface area contributed by atoms with Gasteiger partial charge < -0.3 is 20.3 Å². The summed E-state index contributed by atoms with van der Waals surface area (Å²) in [6.07, 6.45) is 8.89. The van der Waals surface area contributed by atoms with Gasteiger partial charge >= 0.3 is 0 Å². The van der Waals surface area contributed by atoms with E-state index < -0.39 is 17.1 Å². The largest absolute Gasteiger partial charge is 0.504 e. The lowest BCUT2D eigenvalue weighted by Crippen LogP contribution is -2.75. The molecule has 33 heavy (non-hydrogen) atoms. The Balaban J connectivity index is 1.34. The van der Waals surface area contributed by atoms with Crippen molar-refractivity contribution in [3.63, 3.8) is 0 Å². The van der Waals surface area contributed by atoms with E-state index in [-0.39, 0.29) is 24.1 Å². The molecule has 5 aliphatic rings. The molecule has 1 saturated carbocycles. The van der Waals surface area contributed by atoms with Crippen molar-refractivity contribution in [3.05, 3.63) is 59.4 Å². The molecule has 1 amide bonds. The van der Waals surface area contributed by atoms with E-state index in [9.17, 15) is 15.0 Å². The number of carbonyl (C=O) groups is 1. The number of nitrogens with zero attached hydrogens (tertiary/aromatic N) is 2. The zero-order valence-electron chi connectivity index (χ0n) is 18.3. The maximum Gasteiger partial charge on any atom is 0.251 e. The third-order valence-electron chi connectivity index (χ3n) is 8.60. The number of piperidine rings is 1. The van der Waals surface area contributed by atoms with Crippen molar-refractivity contribution in [2.24, 2.45) is 5.92 Å². The molecule has 3 heterocycles. The normalized spacial score (nSPS) is 33.7. The molecule has 1 saturated heterocycles. The van der Waals surface area contributed by atoms with Crippen LogP contribution in [0.15, 0.2) is 48.3 Å². The number of carbonyl (C=O) groups excluding carboxylic acids is 1. The second kappa shape index (κ2) is 6.58. The third kappa shape index (κ3) is 2.58. The number of pyridine rings is 1. The Bertz CT molecular complexity index is 1190. The van der Waals surface area contributed by atoms with Gasteiger partial charge in [-0.3, -0.25) is 14.7 Å². The molecule has 2 bridgehead atoms. The van der Waals surface area contributed by atoms with Gasteiger partial charge in [-0.1, -0.05) is 6.07 Å². The fourth-order valence-electron chi connectivity index (χ4n) is 6.93. The van der Waals surface area contributed by atoms with Crippen molar-refractivity contribution in [3.8, 4) is 11.5 Å². The molecule has 2 aromatic rings. The minimum atomic E-state index is -1.14. The van der Waals surface area contributed by atoms with Crippen LogP contribution in [0, 0.1) is 5.92 Å². The van der Waals surface area contributed by atoms with E-state index in [1.165, 1.54) is 12.8 Å². The SMILES string of the molecule is O=C(Nc1ccncc1)C1=C[C@@H]2Oc3c(O)ccc4c3[C@@]23CCN(CC2CC2)[C@H](C4)[C@]3(O)C1. The van der Waals surface area contributed by atoms with Gasteiger partial charge in [0.15, 0.2) is 11.5 Å². The van der Waals surface area contributed by atoms with Gasteiger partial charge in [-0.25, -0.2) is 0 Å². The first-order chi connectivity index (χ1) is 16.0. The summed E-state index contributed by atoms with van der Waals surface area (Å²) < 4.78 is 6.34. The van der Waals surface area contributed by atoms with Crippen LogP contribution in [0.3, 0.4) is 0 Å². The average molecular weight is 446 g/mol. The highest BCUT2D eigenvalue weighted by molar-refractivity contribution is 6.04. The monoisotopic (exact) mass is 445 g/mol. The van der Waals surface area contributed by atoms with Crippen molar-refractivity contribution < 1.29 is 19.7 Å². The number of phenolic OH excluding ortho intramolecular Hbond substituents is 1. The molecule has 1 spiro atoms. The molecule has 0 radical (unpaired) electrons. The number of hydrogen-bond acceptors (Lipinski definition) is 6. The lowest BCUT2D eigenvalue weighted by atomic mass is 9.49. The van der Waals surface area contributed by atoms with E-state index in [0.717, 1.165) is 30.6 Å². The van der Waals surface area contributed by atoms with E-state index in [0.29, 0.717) is 29.3 Å². The molecule has 0 unspecified atom stereocenters. The van der Waals surface area contributed by atoms with Crippen molar-refractivity contribution >= 4 is 11.6 Å². The van der Waals surface area contributed by atoms with Gasteiger partial charge in [0.05, 0.1) is 11.0 Å². The maximum absolute atomic E-state index is 13.3. The number of aromatic hydroxyl groups is 1. The number of amides is 1. The van der Waals surface area contributed by atoms with E-state index in [1.807, 2.05) is 12.1 Å². The molecule has 1 aromatic heterocycles. The number of benzene rings is 1. The van der Waals surface area contributed by atoms with Crippen LogP contribution in [0.5, 0.6) is 11.5 Å².